The van der Waals surface area contributed by atoms with Crippen LogP contribution in [0.5, 0.6) is 11.5 Å². The second-order valence-corrected chi connectivity index (χ2v) is 8.26. The van der Waals surface area contributed by atoms with E-state index in [4.69, 9.17) is 14.2 Å². The number of nitrogens with zero attached hydrogens (tertiary/aromatic N) is 2. The minimum atomic E-state index is 0.0129. The molecular weight excluding hydrogens is 412 g/mol. The molecule has 0 N–H and O–H groups in total. The van der Waals surface area contributed by atoms with Gasteiger partial charge in [0.15, 0.2) is 22.4 Å². The summed E-state index contributed by atoms with van der Waals surface area (Å²) < 4.78 is 18.6. The lowest BCUT2D eigenvalue weighted by Crippen LogP contribution is -2.17. The number of ether oxygens (including phenoxy) is 3. The number of carbonyl (C=O) groups excluding carboxylic acids is 1. The second-order valence-electron chi connectivity index (χ2n) is 7.32. The first-order chi connectivity index (χ1) is 15.2. The Morgan fingerprint density at radius 1 is 1.16 bits per heavy atom. The summed E-state index contributed by atoms with van der Waals surface area (Å²) in [6.07, 6.45) is 4.19. The minimum absolute atomic E-state index is 0.0129. The molecule has 6 nitrogen and oxygen atoms in total. The van der Waals surface area contributed by atoms with Crippen LogP contribution in [-0.4, -0.2) is 48.0 Å². The Bertz CT molecular complexity index is 1030. The van der Waals surface area contributed by atoms with E-state index in [0.717, 1.165) is 42.4 Å². The second kappa shape index (κ2) is 10.0. The Morgan fingerprint density at radius 2 is 1.97 bits per heavy atom. The maximum Gasteiger partial charge on any atom is 0.173 e. The van der Waals surface area contributed by atoms with Gasteiger partial charge in [0.2, 0.25) is 0 Å². The van der Waals surface area contributed by atoms with Gasteiger partial charge in [-0.3, -0.25) is 4.79 Å². The van der Waals surface area contributed by atoms with Crippen LogP contribution in [0.1, 0.15) is 23.2 Å². The number of hydrogen-bond acceptors (Lipinski definition) is 6. The average Bonchev–Trinajstić information content (AvgIpc) is 3.48. The lowest BCUT2D eigenvalue weighted by Gasteiger charge is -2.16. The van der Waals surface area contributed by atoms with Gasteiger partial charge in [-0.1, -0.05) is 42.1 Å². The lowest BCUT2D eigenvalue weighted by atomic mass is 10.1. The minimum Gasteiger partial charge on any atom is -0.493 e. The molecule has 7 heteroatoms. The number of thioether (sulfide) groups is 1. The molecule has 4 rings (SSSR count). The van der Waals surface area contributed by atoms with Crippen molar-refractivity contribution in [3.63, 3.8) is 0 Å². The summed E-state index contributed by atoms with van der Waals surface area (Å²) in [7, 11) is 3.14. The summed E-state index contributed by atoms with van der Waals surface area (Å²) in [5.74, 6) is 1.45. The first-order valence-electron chi connectivity index (χ1n) is 10.3. The van der Waals surface area contributed by atoms with Crippen molar-refractivity contribution in [3.8, 4) is 22.8 Å². The smallest absolute Gasteiger partial charge is 0.173 e. The third kappa shape index (κ3) is 4.94. The molecule has 2 aromatic carbocycles. The van der Waals surface area contributed by atoms with Gasteiger partial charge in [0.05, 0.1) is 44.5 Å². The lowest BCUT2D eigenvalue weighted by molar-refractivity contribution is 0.0954. The molecule has 0 spiro atoms. The van der Waals surface area contributed by atoms with E-state index in [1.807, 2.05) is 24.4 Å². The Hall–Kier alpha value is -2.77. The van der Waals surface area contributed by atoms with E-state index in [1.165, 1.54) is 11.8 Å². The zero-order valence-electron chi connectivity index (χ0n) is 17.7. The average molecular weight is 439 g/mol. The third-order valence-corrected chi connectivity index (χ3v) is 6.33. The summed E-state index contributed by atoms with van der Waals surface area (Å²) >= 11 is 1.45. The van der Waals surface area contributed by atoms with Gasteiger partial charge in [-0.2, -0.15) is 0 Å². The van der Waals surface area contributed by atoms with Crippen LogP contribution < -0.4 is 9.47 Å². The van der Waals surface area contributed by atoms with Crippen LogP contribution in [0.15, 0.2) is 59.9 Å². The predicted octanol–water partition coefficient (Wildman–Crippen LogP) is 4.72. The predicted molar refractivity (Wildman–Crippen MR) is 121 cm³/mol. The summed E-state index contributed by atoms with van der Waals surface area (Å²) in [6.45, 7) is 1.54. The van der Waals surface area contributed by atoms with E-state index in [0.29, 0.717) is 17.1 Å². The van der Waals surface area contributed by atoms with Crippen LogP contribution in [0.2, 0.25) is 0 Å². The van der Waals surface area contributed by atoms with Crippen LogP contribution in [-0.2, 0) is 11.3 Å². The summed E-state index contributed by atoms with van der Waals surface area (Å²) in [5, 5.41) is 0.822. The van der Waals surface area contributed by atoms with E-state index in [1.54, 1.807) is 32.4 Å². The van der Waals surface area contributed by atoms with Gasteiger partial charge in [0.1, 0.15) is 0 Å². The molecule has 0 radical (unpaired) electrons. The molecule has 0 aliphatic carbocycles. The molecule has 162 valence electrons. The molecule has 31 heavy (non-hydrogen) atoms. The van der Waals surface area contributed by atoms with Crippen molar-refractivity contribution in [2.75, 3.05) is 26.6 Å². The molecule has 0 saturated carbocycles. The van der Waals surface area contributed by atoms with Crippen LogP contribution >= 0.6 is 11.8 Å². The molecule has 2 heterocycles. The highest BCUT2D eigenvalue weighted by Crippen LogP contribution is 2.31. The number of carbonyl (C=O) groups is 1. The normalized spacial score (nSPS) is 15.7. The van der Waals surface area contributed by atoms with Crippen LogP contribution in [0.4, 0.5) is 0 Å². The molecule has 1 aliphatic heterocycles. The van der Waals surface area contributed by atoms with Gasteiger partial charge in [0, 0.05) is 12.2 Å². The van der Waals surface area contributed by atoms with E-state index >= 15 is 0 Å². The van der Waals surface area contributed by atoms with E-state index < -0.39 is 0 Å². The fourth-order valence-corrected chi connectivity index (χ4v) is 4.59. The van der Waals surface area contributed by atoms with E-state index in [-0.39, 0.29) is 17.6 Å². The maximum atomic E-state index is 12.8. The molecule has 1 atom stereocenters. The number of rotatable bonds is 9. The number of ketones is 1. The SMILES string of the molecule is COc1ccc(C(=O)CSc2ncc(-c3ccccc3)n2CC2CCCO2)cc1OC. The zero-order valence-corrected chi connectivity index (χ0v) is 18.6. The summed E-state index contributed by atoms with van der Waals surface area (Å²) in [6, 6.07) is 15.4. The Kier molecular flexibility index (Phi) is 6.94. The maximum absolute atomic E-state index is 12.8. The van der Waals surface area contributed by atoms with Crippen LogP contribution in [0.3, 0.4) is 0 Å². The summed E-state index contributed by atoms with van der Waals surface area (Å²) in [4.78, 5) is 17.5. The van der Waals surface area contributed by atoms with Crippen LogP contribution in [0, 0.1) is 0 Å². The fourth-order valence-electron chi connectivity index (χ4n) is 3.70. The van der Waals surface area contributed by atoms with Crippen molar-refractivity contribution in [2.45, 2.75) is 30.6 Å². The Morgan fingerprint density at radius 3 is 2.68 bits per heavy atom. The van der Waals surface area contributed by atoms with Gasteiger partial charge in [0.25, 0.3) is 0 Å². The highest BCUT2D eigenvalue weighted by molar-refractivity contribution is 7.99. The highest BCUT2D eigenvalue weighted by atomic mass is 32.2. The molecule has 3 aromatic rings. The Balaban J connectivity index is 1.54. The largest absolute Gasteiger partial charge is 0.493 e. The molecular formula is C24H26N2O4S. The molecule has 1 aromatic heterocycles. The fraction of sp³-hybridized carbons (Fsp3) is 0.333. The highest BCUT2D eigenvalue weighted by Gasteiger charge is 2.21. The topological polar surface area (TPSA) is 62.6 Å². The van der Waals surface area contributed by atoms with E-state index in [9.17, 15) is 4.79 Å². The molecule has 1 unspecified atom stereocenters. The van der Waals surface area contributed by atoms with Crippen molar-refractivity contribution in [1.82, 2.24) is 9.55 Å². The van der Waals surface area contributed by atoms with Crippen molar-refractivity contribution >= 4 is 17.5 Å². The van der Waals surface area contributed by atoms with E-state index in [2.05, 4.69) is 21.7 Å². The van der Waals surface area contributed by atoms with Gasteiger partial charge in [-0.05, 0) is 36.6 Å². The van der Waals surface area contributed by atoms with Crippen molar-refractivity contribution in [1.29, 1.82) is 0 Å². The first-order valence-corrected chi connectivity index (χ1v) is 11.3. The Labute approximate surface area is 186 Å². The standard InChI is InChI=1S/C24H26N2O4S/c1-28-22-11-10-18(13-23(22)29-2)21(27)16-31-24-25-14-20(17-7-4-3-5-8-17)26(24)15-19-9-6-12-30-19/h3-5,7-8,10-11,13-14,19H,6,9,12,15-16H2,1-2H3. The zero-order chi connectivity index (χ0) is 21.6. The van der Waals surface area contributed by atoms with Gasteiger partial charge < -0.3 is 18.8 Å². The number of aromatic nitrogens is 2. The third-order valence-electron chi connectivity index (χ3n) is 5.34. The summed E-state index contributed by atoms with van der Waals surface area (Å²) in [5.41, 5.74) is 2.73. The quantitative estimate of drug-likeness (QED) is 0.356. The number of imidazole rings is 1. The van der Waals surface area contributed by atoms with Gasteiger partial charge in [-0.25, -0.2) is 4.98 Å². The van der Waals surface area contributed by atoms with Crippen molar-refractivity contribution in [3.05, 3.63) is 60.3 Å². The molecule has 1 saturated heterocycles. The first kappa shape index (κ1) is 21.5. The number of Topliss-reactive ketones (excluding diaryl/α,β-unsaturated/α-hetero) is 1. The molecule has 0 bridgehead atoms. The molecule has 0 amide bonds. The number of methoxy groups -OCH3 is 2. The molecule has 1 aliphatic rings. The number of benzene rings is 2. The van der Waals surface area contributed by atoms with Gasteiger partial charge in [-0.15, -0.1) is 0 Å². The molecule has 1 fully saturated rings. The number of hydrogen-bond donors (Lipinski definition) is 0. The van der Waals surface area contributed by atoms with Crippen molar-refractivity contribution in [2.24, 2.45) is 0 Å². The van der Waals surface area contributed by atoms with Gasteiger partial charge >= 0.3 is 0 Å². The monoisotopic (exact) mass is 438 g/mol. The van der Waals surface area contributed by atoms with Crippen LogP contribution in [0.25, 0.3) is 11.3 Å². The van der Waals surface area contributed by atoms with Crippen molar-refractivity contribution < 1.29 is 19.0 Å².